The summed E-state index contributed by atoms with van der Waals surface area (Å²) >= 11 is 0. The maximum Gasteiger partial charge on any atom is 0.412 e. The Morgan fingerprint density at radius 3 is 2.55 bits per heavy atom. The average Bonchev–Trinajstić information content (AvgIpc) is 3.04. The molecule has 1 aromatic carbocycles. The highest BCUT2D eigenvalue weighted by Crippen LogP contribution is 2.41. The zero-order valence-corrected chi connectivity index (χ0v) is 12.4. The van der Waals surface area contributed by atoms with Crippen molar-refractivity contribution in [2.75, 3.05) is 12.4 Å². The van der Waals surface area contributed by atoms with Gasteiger partial charge in [0.2, 0.25) is 0 Å². The van der Waals surface area contributed by atoms with Crippen molar-refractivity contribution in [2.24, 2.45) is 5.73 Å². The van der Waals surface area contributed by atoms with Gasteiger partial charge in [-0.1, -0.05) is 6.07 Å². The summed E-state index contributed by atoms with van der Waals surface area (Å²) in [5.41, 5.74) is 7.06. The van der Waals surface area contributed by atoms with Crippen LogP contribution < -0.4 is 15.8 Å². The highest BCUT2D eigenvalue weighted by Gasteiger charge is 2.35. The summed E-state index contributed by atoms with van der Waals surface area (Å²) in [5, 5.41) is 2.70. The summed E-state index contributed by atoms with van der Waals surface area (Å²) in [6.45, 7) is 5.46. The van der Waals surface area contributed by atoms with Crippen molar-refractivity contribution in [3.63, 3.8) is 0 Å². The molecule has 5 heteroatoms. The minimum atomic E-state index is -0.530. The Morgan fingerprint density at radius 1 is 1.40 bits per heavy atom. The Labute approximate surface area is 119 Å². The minimum absolute atomic E-state index is 0.240. The molecule has 3 N–H and O–H groups in total. The molecule has 0 aliphatic heterocycles. The first kappa shape index (κ1) is 14.7. The Hall–Kier alpha value is -1.75. The number of nitrogens with one attached hydrogen (secondary N) is 1. The first-order valence-corrected chi connectivity index (χ1v) is 6.73. The lowest BCUT2D eigenvalue weighted by Crippen LogP contribution is -2.27. The molecular formula is C15H22N2O3. The number of nitrogens with two attached hydrogens (primary N) is 1. The van der Waals surface area contributed by atoms with E-state index in [1.807, 2.05) is 39.0 Å². The zero-order valence-electron chi connectivity index (χ0n) is 12.4. The van der Waals surface area contributed by atoms with Crippen LogP contribution in [0.15, 0.2) is 18.2 Å². The van der Waals surface area contributed by atoms with Gasteiger partial charge in [-0.3, -0.25) is 5.32 Å². The zero-order chi connectivity index (χ0) is 14.9. The van der Waals surface area contributed by atoms with Crippen LogP contribution in [0.4, 0.5) is 10.5 Å². The quantitative estimate of drug-likeness (QED) is 0.891. The Bertz CT molecular complexity index is 508. The molecule has 1 aliphatic rings. The third-order valence-electron chi connectivity index (χ3n) is 3.13. The Morgan fingerprint density at radius 2 is 2.05 bits per heavy atom. The summed E-state index contributed by atoms with van der Waals surface area (Å²) in [7, 11) is 1.58. The van der Waals surface area contributed by atoms with E-state index in [2.05, 4.69) is 5.32 Å². The molecule has 1 saturated carbocycles. The lowest BCUT2D eigenvalue weighted by molar-refractivity contribution is 0.0635. The van der Waals surface area contributed by atoms with Crippen LogP contribution in [0.5, 0.6) is 5.75 Å². The topological polar surface area (TPSA) is 73.6 Å². The molecular weight excluding hydrogens is 256 g/mol. The molecule has 5 nitrogen and oxygen atoms in total. The second-order valence-corrected chi connectivity index (χ2v) is 6.09. The average molecular weight is 278 g/mol. The molecule has 0 bridgehead atoms. The smallest absolute Gasteiger partial charge is 0.412 e. The predicted octanol–water partition coefficient (Wildman–Crippen LogP) is 2.86. The van der Waals surface area contributed by atoms with E-state index in [0.717, 1.165) is 12.0 Å². The van der Waals surface area contributed by atoms with E-state index in [9.17, 15) is 4.79 Å². The molecule has 1 fully saturated rings. The molecule has 0 radical (unpaired) electrons. The van der Waals surface area contributed by atoms with Crippen LogP contribution in [0.3, 0.4) is 0 Å². The minimum Gasteiger partial charge on any atom is -0.495 e. The molecule has 20 heavy (non-hydrogen) atoms. The summed E-state index contributed by atoms with van der Waals surface area (Å²) in [6, 6.07) is 5.95. The lowest BCUT2D eigenvalue weighted by atomic mass is 10.1. The van der Waals surface area contributed by atoms with Crippen molar-refractivity contribution in [2.45, 2.75) is 44.8 Å². The maximum atomic E-state index is 11.8. The van der Waals surface area contributed by atoms with Gasteiger partial charge in [0.25, 0.3) is 0 Å². The third-order valence-corrected chi connectivity index (χ3v) is 3.13. The predicted molar refractivity (Wildman–Crippen MR) is 78.2 cm³/mol. The summed E-state index contributed by atoms with van der Waals surface area (Å²) in [5.74, 6) is 1.02. The number of anilines is 1. The number of rotatable bonds is 3. The van der Waals surface area contributed by atoms with E-state index in [1.165, 1.54) is 0 Å². The van der Waals surface area contributed by atoms with E-state index in [-0.39, 0.29) is 6.04 Å². The van der Waals surface area contributed by atoms with Crippen LogP contribution in [-0.2, 0) is 4.74 Å². The molecule has 0 heterocycles. The van der Waals surface area contributed by atoms with Crippen LogP contribution in [0.25, 0.3) is 0 Å². The highest BCUT2D eigenvalue weighted by atomic mass is 16.6. The first-order chi connectivity index (χ1) is 9.30. The fourth-order valence-corrected chi connectivity index (χ4v) is 2.05. The maximum absolute atomic E-state index is 11.8. The third kappa shape index (κ3) is 3.63. The second-order valence-electron chi connectivity index (χ2n) is 6.09. The molecule has 0 spiro atoms. The molecule has 1 amide bonds. The van der Waals surface area contributed by atoms with Crippen molar-refractivity contribution in [3.05, 3.63) is 23.8 Å². The lowest BCUT2D eigenvalue weighted by Gasteiger charge is -2.20. The fourth-order valence-electron chi connectivity index (χ4n) is 2.05. The number of hydrogen-bond donors (Lipinski definition) is 2. The number of hydrogen-bond acceptors (Lipinski definition) is 4. The number of methoxy groups -OCH3 is 1. The largest absolute Gasteiger partial charge is 0.495 e. The van der Waals surface area contributed by atoms with Gasteiger partial charge in [-0.05, 0) is 44.9 Å². The van der Waals surface area contributed by atoms with Crippen LogP contribution in [0.1, 0.15) is 38.7 Å². The second kappa shape index (κ2) is 5.32. The van der Waals surface area contributed by atoms with Gasteiger partial charge < -0.3 is 15.2 Å². The molecule has 110 valence electrons. The van der Waals surface area contributed by atoms with E-state index >= 15 is 0 Å². The van der Waals surface area contributed by atoms with Gasteiger partial charge in [0, 0.05) is 12.0 Å². The molecule has 1 aliphatic carbocycles. The van der Waals surface area contributed by atoms with Crippen molar-refractivity contribution in [1.82, 2.24) is 0 Å². The summed E-state index contributed by atoms with van der Waals surface area (Å²) < 4.78 is 10.5. The van der Waals surface area contributed by atoms with Crippen molar-refractivity contribution < 1.29 is 14.3 Å². The normalized spacial score (nSPS) is 21.2. The van der Waals surface area contributed by atoms with Crippen LogP contribution in [-0.4, -0.2) is 24.8 Å². The van der Waals surface area contributed by atoms with E-state index in [0.29, 0.717) is 17.4 Å². The van der Waals surface area contributed by atoms with E-state index in [4.69, 9.17) is 15.2 Å². The monoisotopic (exact) mass is 278 g/mol. The van der Waals surface area contributed by atoms with E-state index in [1.54, 1.807) is 7.11 Å². The fraction of sp³-hybridized carbons (Fsp3) is 0.533. The number of carbonyl (C=O) groups excluding carboxylic acids is 1. The van der Waals surface area contributed by atoms with Crippen molar-refractivity contribution >= 4 is 11.8 Å². The number of amides is 1. The molecule has 0 saturated heterocycles. The number of ether oxygens (including phenoxy) is 2. The van der Waals surface area contributed by atoms with E-state index < -0.39 is 11.7 Å². The Balaban J connectivity index is 2.09. The summed E-state index contributed by atoms with van der Waals surface area (Å²) in [6.07, 6.45) is 0.508. The van der Waals surface area contributed by atoms with Crippen molar-refractivity contribution in [3.8, 4) is 5.75 Å². The summed E-state index contributed by atoms with van der Waals surface area (Å²) in [4.78, 5) is 11.8. The van der Waals surface area contributed by atoms with Gasteiger partial charge in [-0.15, -0.1) is 0 Å². The van der Waals surface area contributed by atoms with Crippen LogP contribution >= 0.6 is 0 Å². The first-order valence-electron chi connectivity index (χ1n) is 6.73. The molecule has 1 aromatic rings. The van der Waals surface area contributed by atoms with Crippen LogP contribution in [0, 0.1) is 0 Å². The van der Waals surface area contributed by atoms with Crippen LogP contribution in [0.2, 0.25) is 0 Å². The number of carbonyl (C=O) groups is 1. The SMILES string of the molecule is COc1cc(C2CC2N)ccc1NC(=O)OC(C)(C)C. The standard InChI is InChI=1S/C15H22N2O3/c1-15(2,3)20-14(18)17-12-6-5-9(7-13(12)19-4)10-8-11(10)16/h5-7,10-11H,8,16H2,1-4H3,(H,17,18). The molecule has 2 atom stereocenters. The van der Waals surface area contributed by atoms with Gasteiger partial charge in [0.1, 0.15) is 11.4 Å². The molecule has 2 rings (SSSR count). The van der Waals surface area contributed by atoms with Gasteiger partial charge in [0.05, 0.1) is 12.8 Å². The highest BCUT2D eigenvalue weighted by molar-refractivity contribution is 5.87. The van der Waals surface area contributed by atoms with Gasteiger partial charge in [-0.2, -0.15) is 0 Å². The number of benzene rings is 1. The van der Waals surface area contributed by atoms with Gasteiger partial charge in [-0.25, -0.2) is 4.79 Å². The van der Waals surface area contributed by atoms with Gasteiger partial charge in [0.15, 0.2) is 0 Å². The molecule has 2 unspecified atom stereocenters. The Kier molecular flexibility index (Phi) is 3.90. The van der Waals surface area contributed by atoms with Crippen molar-refractivity contribution in [1.29, 1.82) is 0 Å². The molecule has 0 aromatic heterocycles. The van der Waals surface area contributed by atoms with Gasteiger partial charge >= 0.3 is 6.09 Å².